The molecule has 8 heteroatoms. The lowest BCUT2D eigenvalue weighted by atomic mass is 10.2. The van der Waals surface area contributed by atoms with Gasteiger partial charge in [-0.15, -0.1) is 0 Å². The van der Waals surface area contributed by atoms with Crippen LogP contribution in [-0.4, -0.2) is 41.6 Å². The zero-order chi connectivity index (χ0) is 22.3. The van der Waals surface area contributed by atoms with Crippen LogP contribution in [0.5, 0.6) is 5.75 Å². The summed E-state index contributed by atoms with van der Waals surface area (Å²) in [4.78, 5) is 14.5. The number of carbonyl (C=O) groups is 1. The fraction of sp³-hybridized carbons (Fsp3) is 0.174. The number of benzene rings is 3. The van der Waals surface area contributed by atoms with Gasteiger partial charge in [0.2, 0.25) is 0 Å². The average molecular weight is 440 g/mol. The van der Waals surface area contributed by atoms with Crippen molar-refractivity contribution in [3.8, 4) is 5.75 Å². The molecule has 0 fully saturated rings. The molecule has 3 rings (SSSR count). The molecule has 0 aromatic heterocycles. The van der Waals surface area contributed by atoms with Gasteiger partial charge in [0.25, 0.3) is 15.9 Å². The maximum Gasteiger partial charge on any atom is 0.261 e. The SMILES string of the molecule is COc1ccc(NS(=O)(=O)c2ccc(C(=O)NCCN(C)c3ccccc3)cc2)cc1. The monoisotopic (exact) mass is 439 g/mol. The van der Waals surface area contributed by atoms with E-state index in [0.717, 1.165) is 5.69 Å². The van der Waals surface area contributed by atoms with Gasteiger partial charge in [0, 0.05) is 37.1 Å². The molecule has 1 amide bonds. The topological polar surface area (TPSA) is 87.7 Å². The summed E-state index contributed by atoms with van der Waals surface area (Å²) in [6.07, 6.45) is 0. The molecule has 2 N–H and O–H groups in total. The number of anilines is 2. The molecule has 0 radical (unpaired) electrons. The van der Waals surface area contributed by atoms with Gasteiger partial charge < -0.3 is 15.0 Å². The summed E-state index contributed by atoms with van der Waals surface area (Å²) in [5.74, 6) is 0.377. The van der Waals surface area contributed by atoms with E-state index in [1.54, 1.807) is 31.4 Å². The van der Waals surface area contributed by atoms with Crippen LogP contribution in [0.4, 0.5) is 11.4 Å². The number of hydrogen-bond acceptors (Lipinski definition) is 5. The quantitative estimate of drug-likeness (QED) is 0.534. The second-order valence-electron chi connectivity index (χ2n) is 6.87. The highest BCUT2D eigenvalue weighted by atomic mass is 32.2. The number of nitrogens with one attached hydrogen (secondary N) is 2. The summed E-state index contributed by atoms with van der Waals surface area (Å²) < 4.78 is 32.7. The molecular formula is C23H25N3O4S. The zero-order valence-corrected chi connectivity index (χ0v) is 18.2. The summed E-state index contributed by atoms with van der Waals surface area (Å²) in [5.41, 5.74) is 1.88. The zero-order valence-electron chi connectivity index (χ0n) is 17.4. The summed E-state index contributed by atoms with van der Waals surface area (Å²) in [5, 5.41) is 2.85. The van der Waals surface area contributed by atoms with Crippen molar-refractivity contribution < 1.29 is 17.9 Å². The first-order valence-corrected chi connectivity index (χ1v) is 11.2. The lowest BCUT2D eigenvalue weighted by Gasteiger charge is -2.19. The van der Waals surface area contributed by atoms with E-state index in [1.165, 1.54) is 24.3 Å². The van der Waals surface area contributed by atoms with Gasteiger partial charge in [0.15, 0.2) is 0 Å². The van der Waals surface area contributed by atoms with Crippen molar-refractivity contribution in [3.05, 3.63) is 84.4 Å². The molecule has 0 aliphatic rings. The Morgan fingerprint density at radius 2 is 1.58 bits per heavy atom. The van der Waals surface area contributed by atoms with Gasteiger partial charge in [-0.25, -0.2) is 8.42 Å². The minimum absolute atomic E-state index is 0.0729. The first kappa shape index (κ1) is 22.2. The summed E-state index contributed by atoms with van der Waals surface area (Å²) >= 11 is 0. The third-order valence-electron chi connectivity index (χ3n) is 4.70. The third kappa shape index (κ3) is 5.99. The molecule has 0 unspecified atom stereocenters. The Morgan fingerprint density at radius 1 is 0.935 bits per heavy atom. The predicted molar refractivity (Wildman–Crippen MR) is 122 cm³/mol. The molecule has 0 spiro atoms. The third-order valence-corrected chi connectivity index (χ3v) is 6.10. The molecule has 7 nitrogen and oxygen atoms in total. The minimum atomic E-state index is -3.76. The largest absolute Gasteiger partial charge is 0.497 e. The van der Waals surface area contributed by atoms with Crippen LogP contribution in [-0.2, 0) is 10.0 Å². The minimum Gasteiger partial charge on any atom is -0.497 e. The van der Waals surface area contributed by atoms with Crippen LogP contribution in [0.2, 0.25) is 0 Å². The van der Waals surface area contributed by atoms with Crippen molar-refractivity contribution in [2.24, 2.45) is 0 Å². The van der Waals surface area contributed by atoms with Gasteiger partial charge in [0.05, 0.1) is 12.0 Å². The van der Waals surface area contributed by atoms with Gasteiger partial charge in [-0.1, -0.05) is 18.2 Å². The standard InChI is InChI=1S/C23H25N3O4S/c1-26(20-6-4-3-5-7-20)17-16-24-23(27)18-8-14-22(15-9-18)31(28,29)25-19-10-12-21(30-2)13-11-19/h3-15,25H,16-17H2,1-2H3,(H,24,27). The van der Waals surface area contributed by atoms with E-state index in [1.807, 2.05) is 42.3 Å². The number of sulfonamides is 1. The van der Waals surface area contributed by atoms with Crippen LogP contribution in [0.25, 0.3) is 0 Å². The van der Waals surface area contributed by atoms with Crippen molar-refractivity contribution in [1.29, 1.82) is 0 Å². The van der Waals surface area contributed by atoms with E-state index in [2.05, 4.69) is 10.0 Å². The Hall–Kier alpha value is -3.52. The van der Waals surface area contributed by atoms with Gasteiger partial charge in [-0.05, 0) is 60.7 Å². The Balaban J connectivity index is 1.56. The molecule has 0 aliphatic carbocycles. The summed E-state index contributed by atoms with van der Waals surface area (Å²) in [6.45, 7) is 1.11. The van der Waals surface area contributed by atoms with E-state index >= 15 is 0 Å². The lowest BCUT2D eigenvalue weighted by molar-refractivity contribution is 0.0954. The van der Waals surface area contributed by atoms with Crippen molar-refractivity contribution in [1.82, 2.24) is 5.32 Å². The van der Waals surface area contributed by atoms with Crippen LogP contribution in [0.15, 0.2) is 83.8 Å². The lowest BCUT2D eigenvalue weighted by Crippen LogP contribution is -2.33. The summed E-state index contributed by atoms with van der Waals surface area (Å²) in [6, 6.07) is 22.3. The van der Waals surface area contributed by atoms with Gasteiger partial charge in [-0.3, -0.25) is 9.52 Å². The first-order valence-electron chi connectivity index (χ1n) is 9.70. The number of hydrogen-bond donors (Lipinski definition) is 2. The highest BCUT2D eigenvalue weighted by Crippen LogP contribution is 2.19. The van der Waals surface area contributed by atoms with Gasteiger partial charge >= 0.3 is 0 Å². The second kappa shape index (κ2) is 9.99. The molecule has 3 aromatic rings. The fourth-order valence-electron chi connectivity index (χ4n) is 2.91. The molecule has 0 bridgehead atoms. The fourth-order valence-corrected chi connectivity index (χ4v) is 3.97. The van der Waals surface area contributed by atoms with Crippen LogP contribution < -0.4 is 19.7 Å². The Kier molecular flexibility index (Phi) is 7.15. The highest BCUT2D eigenvalue weighted by molar-refractivity contribution is 7.92. The smallest absolute Gasteiger partial charge is 0.261 e. The molecule has 0 heterocycles. The van der Waals surface area contributed by atoms with E-state index < -0.39 is 10.0 Å². The highest BCUT2D eigenvalue weighted by Gasteiger charge is 2.15. The molecule has 0 saturated heterocycles. The molecule has 31 heavy (non-hydrogen) atoms. The Bertz CT molecular complexity index is 1100. The number of nitrogens with zero attached hydrogens (tertiary/aromatic N) is 1. The number of ether oxygens (including phenoxy) is 1. The molecule has 162 valence electrons. The molecule has 0 atom stereocenters. The summed E-state index contributed by atoms with van der Waals surface area (Å²) in [7, 11) is -0.268. The normalized spacial score (nSPS) is 10.9. The second-order valence-corrected chi connectivity index (χ2v) is 8.55. The van der Waals surface area contributed by atoms with E-state index in [-0.39, 0.29) is 10.8 Å². The predicted octanol–water partition coefficient (Wildman–Crippen LogP) is 3.36. The maximum absolute atomic E-state index is 12.6. The Morgan fingerprint density at radius 3 is 2.19 bits per heavy atom. The van der Waals surface area contributed by atoms with Gasteiger partial charge in [-0.2, -0.15) is 0 Å². The van der Waals surface area contributed by atoms with Crippen LogP contribution in [0, 0.1) is 0 Å². The van der Waals surface area contributed by atoms with Gasteiger partial charge in [0.1, 0.15) is 5.75 Å². The maximum atomic E-state index is 12.6. The van der Waals surface area contributed by atoms with E-state index in [4.69, 9.17) is 4.74 Å². The van der Waals surface area contributed by atoms with Crippen LogP contribution in [0.1, 0.15) is 10.4 Å². The number of rotatable bonds is 9. The first-order chi connectivity index (χ1) is 14.9. The van der Waals surface area contributed by atoms with Crippen molar-refractivity contribution >= 4 is 27.3 Å². The van der Waals surface area contributed by atoms with Crippen LogP contribution >= 0.6 is 0 Å². The Labute approximate surface area is 182 Å². The number of likely N-dealkylation sites (N-methyl/N-ethyl adjacent to an activating group) is 1. The van der Waals surface area contributed by atoms with Crippen molar-refractivity contribution in [2.75, 3.05) is 36.9 Å². The van der Waals surface area contributed by atoms with E-state index in [9.17, 15) is 13.2 Å². The molecule has 3 aromatic carbocycles. The van der Waals surface area contributed by atoms with Crippen LogP contribution in [0.3, 0.4) is 0 Å². The van der Waals surface area contributed by atoms with Crippen molar-refractivity contribution in [3.63, 3.8) is 0 Å². The molecular weight excluding hydrogens is 414 g/mol. The number of carbonyl (C=O) groups excluding carboxylic acids is 1. The van der Waals surface area contributed by atoms with Crippen molar-refractivity contribution in [2.45, 2.75) is 4.90 Å². The number of amides is 1. The number of para-hydroxylation sites is 1. The average Bonchev–Trinajstić information content (AvgIpc) is 2.80. The molecule has 0 aliphatic heterocycles. The van der Waals surface area contributed by atoms with E-state index in [0.29, 0.717) is 30.1 Å². The number of methoxy groups -OCH3 is 1. The molecule has 0 saturated carbocycles.